The maximum Gasteiger partial charge on any atom is 0.306 e. The van der Waals surface area contributed by atoms with Crippen molar-refractivity contribution in [2.75, 3.05) is 0 Å². The summed E-state index contributed by atoms with van der Waals surface area (Å²) in [6.07, 6.45) is -0.585. The molecule has 0 aromatic carbocycles. The molecular weight excluding hydrogens is 199 g/mol. The number of esters is 1. The van der Waals surface area contributed by atoms with Crippen molar-refractivity contribution in [3.63, 3.8) is 0 Å². The number of rotatable bonds is 4. The summed E-state index contributed by atoms with van der Waals surface area (Å²) in [5.41, 5.74) is 0. The summed E-state index contributed by atoms with van der Waals surface area (Å²) in [6.45, 7) is 0.0429. The van der Waals surface area contributed by atoms with E-state index in [0.717, 1.165) is 0 Å². The number of ether oxygens (including phenoxy) is 2. The van der Waals surface area contributed by atoms with Gasteiger partial charge in [0, 0.05) is 13.8 Å². The third-order valence-corrected chi connectivity index (χ3v) is 2.21. The fourth-order valence-corrected chi connectivity index (χ4v) is 1.48. The predicted octanol–water partition coefficient (Wildman–Crippen LogP) is -0.469. The highest BCUT2D eigenvalue weighted by molar-refractivity contribution is 6.11. The van der Waals surface area contributed by atoms with E-state index in [9.17, 15) is 9.59 Å². The molecule has 84 valence electrons. The number of carbonyl (C=O) groups is 2. The molecule has 1 saturated heterocycles. The van der Waals surface area contributed by atoms with Crippen molar-refractivity contribution in [1.82, 2.24) is 0 Å². The van der Waals surface area contributed by atoms with Gasteiger partial charge >= 0.3 is 11.9 Å². The van der Waals surface area contributed by atoms with Crippen molar-refractivity contribution in [3.8, 4) is 0 Å². The maximum atomic E-state index is 11.3. The lowest BCUT2D eigenvalue weighted by molar-refractivity contribution is -0.153. The Morgan fingerprint density at radius 2 is 2.40 bits per heavy atom. The van der Waals surface area contributed by atoms with Gasteiger partial charge in [0.1, 0.15) is 14.0 Å². The Morgan fingerprint density at radius 3 is 3.00 bits per heavy atom. The van der Waals surface area contributed by atoms with E-state index in [0.29, 0.717) is 6.42 Å². The van der Waals surface area contributed by atoms with Crippen LogP contribution in [0.1, 0.15) is 27.5 Å². The van der Waals surface area contributed by atoms with Crippen molar-refractivity contribution in [1.29, 1.82) is 0 Å². The van der Waals surface area contributed by atoms with Crippen LogP contribution >= 0.6 is 0 Å². The van der Waals surface area contributed by atoms with Crippen molar-refractivity contribution >= 4 is 19.8 Å². The lowest BCUT2D eigenvalue weighted by atomic mass is 9.96. The van der Waals surface area contributed by atoms with E-state index in [-0.39, 0.29) is 31.8 Å². The zero-order valence-corrected chi connectivity index (χ0v) is 8.64. The van der Waals surface area contributed by atoms with Crippen LogP contribution in [0.2, 0.25) is 0 Å². The second kappa shape index (κ2) is 5.16. The molecule has 0 aromatic heterocycles. The van der Waals surface area contributed by atoms with Gasteiger partial charge in [0.25, 0.3) is 0 Å². The minimum atomic E-state index is -1.02. The molecule has 1 unspecified atom stereocenters. The SMILES string of the molecule is [2H]C[C@H]1O[C@@H](B)CC1OC(=O)CCC(=O)O. The lowest BCUT2D eigenvalue weighted by Gasteiger charge is -2.14. The zero-order valence-electron chi connectivity index (χ0n) is 9.64. The van der Waals surface area contributed by atoms with Gasteiger partial charge in [-0.1, -0.05) is 0 Å². The Bertz CT molecular complexity index is 273. The Hall–Kier alpha value is -1.04. The smallest absolute Gasteiger partial charge is 0.306 e. The van der Waals surface area contributed by atoms with Crippen LogP contribution in [-0.4, -0.2) is 43.1 Å². The standard InChI is InChI=1S/C9H15BO5/c1-5-6(4-7(10)14-5)15-9(13)3-2-8(11)12/h5-7H,2-4,10H2,1H3,(H,11,12)/t5-,6?,7-/m1/s1/i1D. The minimum absolute atomic E-state index is 0.0207. The maximum absolute atomic E-state index is 11.3. The molecule has 1 heterocycles. The second-order valence-corrected chi connectivity index (χ2v) is 3.64. The largest absolute Gasteiger partial charge is 0.481 e. The van der Waals surface area contributed by atoms with Gasteiger partial charge in [-0.15, -0.1) is 0 Å². The number of carbonyl (C=O) groups excluding carboxylic acids is 1. The summed E-state index contributed by atoms with van der Waals surface area (Å²) in [7, 11) is 1.85. The first-order valence-corrected chi connectivity index (χ1v) is 4.89. The molecule has 15 heavy (non-hydrogen) atoms. The molecule has 1 N–H and O–H groups in total. The summed E-state index contributed by atoms with van der Waals surface area (Å²) >= 11 is 0. The zero-order chi connectivity index (χ0) is 12.1. The molecule has 0 spiro atoms. The average Bonchev–Trinajstić information content (AvgIpc) is 2.55. The normalized spacial score (nSPS) is 30.9. The molecule has 1 aliphatic heterocycles. The summed E-state index contributed by atoms with van der Waals surface area (Å²) in [5, 5.41) is 8.40. The van der Waals surface area contributed by atoms with E-state index in [1.165, 1.54) is 0 Å². The molecule has 3 atom stereocenters. The third-order valence-electron chi connectivity index (χ3n) is 2.21. The van der Waals surface area contributed by atoms with E-state index >= 15 is 0 Å². The lowest BCUT2D eigenvalue weighted by Crippen LogP contribution is -2.24. The number of carboxylic acids is 1. The van der Waals surface area contributed by atoms with Crippen molar-refractivity contribution < 1.29 is 25.5 Å². The van der Waals surface area contributed by atoms with Crippen molar-refractivity contribution in [2.24, 2.45) is 0 Å². The van der Waals surface area contributed by atoms with Crippen LogP contribution in [-0.2, 0) is 19.1 Å². The molecule has 0 bridgehead atoms. The van der Waals surface area contributed by atoms with Gasteiger partial charge in [0.05, 0.1) is 18.9 Å². The number of hydrogen-bond donors (Lipinski definition) is 1. The highest BCUT2D eigenvalue weighted by atomic mass is 16.6. The van der Waals surface area contributed by atoms with Gasteiger partial charge in [-0.05, 0) is 6.90 Å². The highest BCUT2D eigenvalue weighted by Crippen LogP contribution is 2.21. The Labute approximate surface area is 90.6 Å². The molecule has 0 radical (unpaired) electrons. The average molecular weight is 215 g/mol. The predicted molar refractivity (Wildman–Crippen MR) is 54.2 cm³/mol. The first-order valence-electron chi connectivity index (χ1n) is 5.59. The summed E-state index contributed by atoms with van der Waals surface area (Å²) in [6, 6.07) is -0.0207. The summed E-state index contributed by atoms with van der Waals surface area (Å²) < 4.78 is 17.7. The van der Waals surface area contributed by atoms with Crippen molar-refractivity contribution in [3.05, 3.63) is 0 Å². The van der Waals surface area contributed by atoms with Gasteiger partial charge in [0.2, 0.25) is 0 Å². The monoisotopic (exact) mass is 215 g/mol. The van der Waals surface area contributed by atoms with Crippen molar-refractivity contribution in [2.45, 2.75) is 44.4 Å². The van der Waals surface area contributed by atoms with Crippen LogP contribution < -0.4 is 0 Å². The number of aliphatic carboxylic acids is 1. The Balaban J connectivity index is 2.35. The first-order chi connectivity index (χ1) is 7.52. The van der Waals surface area contributed by atoms with E-state index in [1.807, 2.05) is 7.85 Å². The van der Waals surface area contributed by atoms with Gasteiger partial charge < -0.3 is 14.6 Å². The van der Waals surface area contributed by atoms with Gasteiger partial charge in [-0.2, -0.15) is 0 Å². The van der Waals surface area contributed by atoms with E-state index in [2.05, 4.69) is 0 Å². The first kappa shape index (κ1) is 10.5. The Kier molecular flexibility index (Phi) is 3.61. The molecular formula is C9H15BO5. The third kappa shape index (κ3) is 3.91. The van der Waals surface area contributed by atoms with Crippen LogP contribution in [0.3, 0.4) is 0 Å². The van der Waals surface area contributed by atoms with Gasteiger partial charge in [-0.3, -0.25) is 9.59 Å². The van der Waals surface area contributed by atoms with Crippen LogP contribution in [0.25, 0.3) is 0 Å². The quantitative estimate of drug-likeness (QED) is 0.507. The second-order valence-electron chi connectivity index (χ2n) is 3.64. The van der Waals surface area contributed by atoms with E-state index in [4.69, 9.17) is 16.0 Å². The molecule has 1 aliphatic rings. The molecule has 0 saturated carbocycles. The molecule has 0 aliphatic carbocycles. The molecule has 1 fully saturated rings. The van der Waals surface area contributed by atoms with E-state index in [1.54, 1.807) is 0 Å². The molecule has 6 heteroatoms. The molecule has 0 aromatic rings. The van der Waals surface area contributed by atoms with Crippen LogP contribution in [0.15, 0.2) is 0 Å². The van der Waals surface area contributed by atoms with Crippen LogP contribution in [0.5, 0.6) is 0 Å². The van der Waals surface area contributed by atoms with E-state index < -0.39 is 18.0 Å². The number of hydrogen-bond acceptors (Lipinski definition) is 4. The van der Waals surface area contributed by atoms with Gasteiger partial charge in [0.15, 0.2) is 0 Å². The molecule has 5 nitrogen and oxygen atoms in total. The Morgan fingerprint density at radius 1 is 1.67 bits per heavy atom. The fourth-order valence-electron chi connectivity index (χ4n) is 1.48. The van der Waals surface area contributed by atoms with Crippen LogP contribution in [0.4, 0.5) is 0 Å². The van der Waals surface area contributed by atoms with Gasteiger partial charge in [-0.25, -0.2) is 0 Å². The topological polar surface area (TPSA) is 72.8 Å². The minimum Gasteiger partial charge on any atom is -0.481 e. The fraction of sp³-hybridized carbons (Fsp3) is 0.778. The molecule has 1 rings (SSSR count). The summed E-state index contributed by atoms with van der Waals surface area (Å²) in [5.74, 6) is -1.56. The molecule has 0 amide bonds. The number of carboxylic acid groups (broad SMARTS) is 1. The highest BCUT2D eigenvalue weighted by Gasteiger charge is 2.32. The van der Waals surface area contributed by atoms with Crippen LogP contribution in [0, 0.1) is 0 Å². The summed E-state index contributed by atoms with van der Waals surface area (Å²) in [4.78, 5) is 21.5.